The van der Waals surface area contributed by atoms with Crippen molar-refractivity contribution in [2.24, 2.45) is 0 Å². The quantitative estimate of drug-likeness (QED) is 0.0576. The van der Waals surface area contributed by atoms with Gasteiger partial charge in [0.1, 0.15) is 17.3 Å². The summed E-state index contributed by atoms with van der Waals surface area (Å²) in [5.41, 5.74) is 3.92. The van der Waals surface area contributed by atoms with Gasteiger partial charge in [-0.15, -0.1) is 0 Å². The Morgan fingerprint density at radius 1 is 0.941 bits per heavy atom. The highest BCUT2D eigenvalue weighted by Crippen LogP contribution is 2.63. The van der Waals surface area contributed by atoms with E-state index >= 15 is 4.39 Å². The first-order chi connectivity index (χ1) is 32.9. The minimum Gasteiger partial charge on any atom is -0.379 e. The van der Waals surface area contributed by atoms with Crippen molar-refractivity contribution in [2.75, 3.05) is 16.0 Å². The molecule has 350 valence electrons. The molecule has 13 nitrogen and oxygen atoms in total. The largest absolute Gasteiger partial charge is 0.379 e. The number of piperidine rings is 1. The zero-order valence-corrected chi connectivity index (χ0v) is 38.8. The Balaban J connectivity index is 0.758. The zero-order valence-electron chi connectivity index (χ0n) is 37.3. The molecule has 10 rings (SSSR count). The number of aryl methyl sites for hydroxylation is 1. The third kappa shape index (κ3) is 7.95. The molecule has 3 fully saturated rings. The monoisotopic (exact) mass is 956 g/mol. The summed E-state index contributed by atoms with van der Waals surface area (Å²) in [6, 6.07) is 20.7. The van der Waals surface area contributed by atoms with E-state index in [9.17, 15) is 24.0 Å². The Hall–Kier alpha value is -6.35. The number of aromatic nitrogens is 2. The van der Waals surface area contributed by atoms with Crippen molar-refractivity contribution in [3.63, 3.8) is 0 Å². The van der Waals surface area contributed by atoms with Crippen LogP contribution in [0.15, 0.2) is 104 Å². The second-order valence-electron chi connectivity index (χ2n) is 18.7. The zero-order chi connectivity index (χ0) is 47.3. The number of nitrogens with one attached hydrogen (secondary N) is 5. The number of amides is 4. The summed E-state index contributed by atoms with van der Waals surface area (Å²) >= 11 is 12.8. The van der Waals surface area contributed by atoms with Gasteiger partial charge in [-0.25, -0.2) is 9.37 Å². The SMILES string of the molecule is C=C1CCC(N2Cc3c(NCc4cn(CCCCC(=O)c5ccc(NC(=O)[C@@H]6NC7(CCCCC7)[C@@]7(C(=O)Nc8cc(Cl)ccc87)[C@H]6c6cccc(Cl)c6F)cc5)cn4)cccc3C2=O)C(=O)N1. The number of benzene rings is 4. The van der Waals surface area contributed by atoms with E-state index in [-0.39, 0.29) is 34.1 Å². The molecule has 5 aromatic rings. The molecule has 1 saturated carbocycles. The highest BCUT2D eigenvalue weighted by molar-refractivity contribution is 6.31. The van der Waals surface area contributed by atoms with Gasteiger partial charge in [-0.1, -0.05) is 73.3 Å². The third-order valence-electron chi connectivity index (χ3n) is 14.7. The summed E-state index contributed by atoms with van der Waals surface area (Å²) < 4.78 is 18.3. The van der Waals surface area contributed by atoms with E-state index in [1.54, 1.807) is 65.8 Å². The average Bonchev–Trinajstić information content (AvgIpc) is 4.08. The number of Topliss-reactive ketones (excluding diaryl/α,β-unsaturated/α-hetero) is 1. The Bertz CT molecular complexity index is 2880. The summed E-state index contributed by atoms with van der Waals surface area (Å²) in [5.74, 6) is -2.77. The van der Waals surface area contributed by atoms with Gasteiger partial charge in [0.15, 0.2) is 5.78 Å². The highest BCUT2D eigenvalue weighted by Gasteiger charge is 2.72. The summed E-state index contributed by atoms with van der Waals surface area (Å²) in [6.07, 6.45) is 10.5. The van der Waals surface area contributed by atoms with Crippen LogP contribution in [-0.2, 0) is 39.4 Å². The van der Waals surface area contributed by atoms with Crippen molar-refractivity contribution in [2.45, 2.75) is 113 Å². The summed E-state index contributed by atoms with van der Waals surface area (Å²) in [7, 11) is 0. The van der Waals surface area contributed by atoms with E-state index in [1.165, 1.54) is 6.07 Å². The molecule has 2 spiro atoms. The van der Waals surface area contributed by atoms with E-state index in [0.717, 1.165) is 42.6 Å². The summed E-state index contributed by atoms with van der Waals surface area (Å²) in [6.45, 7) is 5.31. The maximum absolute atomic E-state index is 16.3. The van der Waals surface area contributed by atoms with Crippen LogP contribution in [0, 0.1) is 5.82 Å². The first-order valence-electron chi connectivity index (χ1n) is 23.3. The molecule has 4 aromatic carbocycles. The van der Waals surface area contributed by atoms with Crippen LogP contribution in [0.25, 0.3) is 0 Å². The predicted molar refractivity (Wildman–Crippen MR) is 258 cm³/mol. The lowest BCUT2D eigenvalue weighted by Crippen LogP contribution is -2.60. The van der Waals surface area contributed by atoms with Gasteiger partial charge in [-0.3, -0.25) is 29.3 Å². The molecular formula is C52H51Cl2FN8O5. The van der Waals surface area contributed by atoms with Crippen molar-refractivity contribution in [3.8, 4) is 0 Å². The molecule has 68 heavy (non-hydrogen) atoms. The molecule has 1 aliphatic carbocycles. The molecule has 2 saturated heterocycles. The molecule has 16 heteroatoms. The molecule has 1 unspecified atom stereocenters. The Kier molecular flexibility index (Phi) is 12.2. The second kappa shape index (κ2) is 18.3. The molecule has 5 aliphatic rings. The fourth-order valence-electron chi connectivity index (χ4n) is 11.5. The lowest BCUT2D eigenvalue weighted by atomic mass is 9.55. The van der Waals surface area contributed by atoms with Gasteiger partial charge < -0.3 is 30.7 Å². The maximum Gasteiger partial charge on any atom is 0.255 e. The highest BCUT2D eigenvalue weighted by atomic mass is 35.5. The number of nitrogens with zero attached hydrogens (tertiary/aromatic N) is 3. The summed E-state index contributed by atoms with van der Waals surface area (Å²) in [5, 5.41) is 16.3. The molecule has 4 aliphatic heterocycles. The molecular weight excluding hydrogens is 907 g/mol. The number of hydrogen-bond donors (Lipinski definition) is 5. The molecule has 5 N–H and O–H groups in total. The number of ketones is 1. The minimum atomic E-state index is -1.35. The van der Waals surface area contributed by atoms with Gasteiger partial charge in [-0.05, 0) is 104 Å². The van der Waals surface area contributed by atoms with Crippen LogP contribution in [-0.4, -0.2) is 61.5 Å². The lowest BCUT2D eigenvalue weighted by Gasteiger charge is -2.47. The van der Waals surface area contributed by atoms with E-state index in [0.29, 0.717) is 96.9 Å². The number of anilines is 3. The normalized spacial score (nSPS) is 22.6. The number of allylic oxidation sites excluding steroid dienone is 1. The number of fused-ring (bicyclic) bond motifs is 4. The van der Waals surface area contributed by atoms with Gasteiger partial charge in [-0.2, -0.15) is 0 Å². The maximum atomic E-state index is 16.3. The van der Waals surface area contributed by atoms with Crippen LogP contribution >= 0.6 is 23.2 Å². The topological polar surface area (TPSA) is 167 Å². The fourth-order valence-corrected chi connectivity index (χ4v) is 11.9. The van der Waals surface area contributed by atoms with Gasteiger partial charge in [0.25, 0.3) is 5.91 Å². The van der Waals surface area contributed by atoms with Gasteiger partial charge in [0, 0.05) is 81.6 Å². The number of rotatable bonds is 13. The number of unbranched alkanes of at least 4 members (excludes halogenated alkanes) is 1. The van der Waals surface area contributed by atoms with Crippen molar-refractivity contribution in [3.05, 3.63) is 153 Å². The molecule has 0 bridgehead atoms. The van der Waals surface area contributed by atoms with Gasteiger partial charge >= 0.3 is 0 Å². The van der Waals surface area contributed by atoms with Crippen LogP contribution < -0.4 is 26.6 Å². The number of carbonyl (C=O) groups is 5. The van der Waals surface area contributed by atoms with Crippen LogP contribution in [0.1, 0.15) is 113 Å². The molecule has 0 radical (unpaired) electrons. The predicted octanol–water partition coefficient (Wildman–Crippen LogP) is 9.03. The van der Waals surface area contributed by atoms with Crippen LogP contribution in [0.4, 0.5) is 21.5 Å². The minimum absolute atomic E-state index is 0.0263. The van der Waals surface area contributed by atoms with E-state index < -0.39 is 40.7 Å². The Morgan fingerprint density at radius 3 is 2.53 bits per heavy atom. The Labute approximate surface area is 403 Å². The third-order valence-corrected chi connectivity index (χ3v) is 15.2. The van der Waals surface area contributed by atoms with Gasteiger partial charge in [0.2, 0.25) is 17.7 Å². The number of carbonyl (C=O) groups excluding carboxylic acids is 5. The van der Waals surface area contributed by atoms with E-state index in [1.807, 2.05) is 29.0 Å². The molecule has 4 atom stereocenters. The fraction of sp³-hybridized carbons (Fsp3) is 0.346. The molecule has 5 heterocycles. The van der Waals surface area contributed by atoms with Crippen molar-refractivity contribution in [1.29, 1.82) is 0 Å². The van der Waals surface area contributed by atoms with Crippen LogP contribution in [0.3, 0.4) is 0 Å². The van der Waals surface area contributed by atoms with Crippen LogP contribution in [0.2, 0.25) is 10.0 Å². The summed E-state index contributed by atoms with van der Waals surface area (Å²) in [4.78, 5) is 74.7. The Morgan fingerprint density at radius 2 is 1.74 bits per heavy atom. The first kappa shape index (κ1) is 45.4. The van der Waals surface area contributed by atoms with Crippen molar-refractivity contribution < 1.29 is 28.4 Å². The van der Waals surface area contributed by atoms with Crippen LogP contribution in [0.5, 0.6) is 0 Å². The van der Waals surface area contributed by atoms with Crippen molar-refractivity contribution in [1.82, 2.24) is 25.1 Å². The first-order valence-corrected chi connectivity index (χ1v) is 24.1. The number of halogens is 3. The average molecular weight is 958 g/mol. The molecule has 1 aromatic heterocycles. The standard InChI is InChI=1S/C52H51Cl2FN8O5/c1-30-14-21-42(47(65)58-30)63-28-37-35(49(63)67)9-8-12-40(37)56-26-34-27-62(29-57-34)24-6-3-13-43(64)31-15-18-33(19-16-31)59-48(66)46-44(36-10-7-11-39(54)45(36)55)52(51(61-46)22-4-2-5-23-51)38-20-17-32(53)25-41(38)60-50(52)68/h7-12,15-20,25,27,29,42,44,46,56,61H,1-6,13-14,21-24,26,28H2,(H,58,65)(H,59,66)(H,60,68)/t42?,44-,46+,52+/m0/s1. The number of hydrogen-bond acceptors (Lipinski definition) is 8. The van der Waals surface area contributed by atoms with Crippen molar-refractivity contribution >= 4 is 69.7 Å². The number of imidazole rings is 1. The molecule has 4 amide bonds. The lowest BCUT2D eigenvalue weighted by molar-refractivity contribution is -0.126. The van der Waals surface area contributed by atoms with Gasteiger partial charge in [0.05, 0.1) is 29.6 Å². The smallest absolute Gasteiger partial charge is 0.255 e. The van der Waals surface area contributed by atoms with E-state index in [2.05, 4.69) is 38.1 Å². The second-order valence-corrected chi connectivity index (χ2v) is 19.5. The van der Waals surface area contributed by atoms with E-state index in [4.69, 9.17) is 23.2 Å².